The van der Waals surface area contributed by atoms with E-state index in [9.17, 15) is 4.79 Å². The number of pyridine rings is 1. The van der Waals surface area contributed by atoms with Crippen LogP contribution in [0.2, 0.25) is 0 Å². The Morgan fingerprint density at radius 3 is 2.71 bits per heavy atom. The largest absolute Gasteiger partial charge is 0.397 e. The van der Waals surface area contributed by atoms with Gasteiger partial charge < -0.3 is 16.0 Å². The second-order valence-corrected chi connectivity index (χ2v) is 4.98. The molecular weight excluding hydrogens is 264 g/mol. The molecule has 0 aliphatic heterocycles. The number of hydrogen-bond donors (Lipinski definition) is 2. The molecule has 0 fully saturated rings. The van der Waals surface area contributed by atoms with Crippen molar-refractivity contribution in [2.45, 2.75) is 26.8 Å². The van der Waals surface area contributed by atoms with Gasteiger partial charge in [0.2, 0.25) is 5.91 Å². The molecule has 0 saturated carbocycles. The van der Waals surface area contributed by atoms with Crippen molar-refractivity contribution < 1.29 is 4.79 Å². The molecule has 0 saturated heterocycles. The van der Waals surface area contributed by atoms with Crippen LogP contribution >= 0.6 is 0 Å². The summed E-state index contributed by atoms with van der Waals surface area (Å²) >= 11 is 0. The van der Waals surface area contributed by atoms with Crippen LogP contribution in [0.25, 0.3) is 10.9 Å². The number of hydrogen-bond acceptors (Lipinski definition) is 4. The second-order valence-electron chi connectivity index (χ2n) is 4.98. The summed E-state index contributed by atoms with van der Waals surface area (Å²) in [6.45, 7) is 7.27. The van der Waals surface area contributed by atoms with Crippen molar-refractivity contribution in [1.29, 1.82) is 0 Å². The van der Waals surface area contributed by atoms with E-state index >= 15 is 0 Å². The summed E-state index contributed by atoms with van der Waals surface area (Å²) in [6.07, 6.45) is 1.70. The van der Waals surface area contributed by atoms with Crippen LogP contribution in [0, 0.1) is 0 Å². The minimum atomic E-state index is -0.295. The van der Waals surface area contributed by atoms with Crippen molar-refractivity contribution >= 4 is 28.2 Å². The summed E-state index contributed by atoms with van der Waals surface area (Å²) in [4.78, 5) is 18.5. The van der Waals surface area contributed by atoms with E-state index in [2.05, 4.69) is 10.3 Å². The number of nitrogens with zero attached hydrogens (tertiary/aromatic N) is 2. The number of nitrogen functional groups attached to an aromatic ring is 1. The fourth-order valence-electron chi connectivity index (χ4n) is 2.43. The van der Waals surface area contributed by atoms with Crippen molar-refractivity contribution in [3.63, 3.8) is 0 Å². The molecule has 1 aromatic carbocycles. The first kappa shape index (κ1) is 15.1. The molecule has 2 rings (SSSR count). The van der Waals surface area contributed by atoms with E-state index in [4.69, 9.17) is 5.73 Å². The lowest BCUT2D eigenvalue weighted by Gasteiger charge is -2.24. The normalized spacial score (nSPS) is 12.1. The molecule has 0 bridgehead atoms. The smallest absolute Gasteiger partial charge is 0.244 e. The van der Waals surface area contributed by atoms with Gasteiger partial charge in [0.1, 0.15) is 6.04 Å². The zero-order chi connectivity index (χ0) is 15.4. The predicted octanol–water partition coefficient (Wildman–Crippen LogP) is 2.49. The Kier molecular flexibility index (Phi) is 4.62. The van der Waals surface area contributed by atoms with E-state index in [1.54, 1.807) is 6.20 Å². The third-order valence-corrected chi connectivity index (χ3v) is 3.62. The number of likely N-dealkylation sites (N-methyl/N-ethyl adjacent to an activating group) is 1. The van der Waals surface area contributed by atoms with Gasteiger partial charge >= 0.3 is 0 Å². The average molecular weight is 286 g/mol. The van der Waals surface area contributed by atoms with E-state index in [1.807, 2.05) is 49.9 Å². The van der Waals surface area contributed by atoms with Crippen LogP contribution in [0.15, 0.2) is 30.5 Å². The highest BCUT2D eigenvalue weighted by Crippen LogP contribution is 2.26. The number of carbonyl (C=O) groups excluding carboxylic acids is 1. The van der Waals surface area contributed by atoms with Crippen LogP contribution in [0.4, 0.5) is 11.4 Å². The Bertz CT molecular complexity index is 637. The van der Waals surface area contributed by atoms with Crippen LogP contribution in [0.3, 0.4) is 0 Å². The molecule has 1 unspecified atom stereocenters. The van der Waals surface area contributed by atoms with Crippen LogP contribution in [0.5, 0.6) is 0 Å². The number of anilines is 2. The number of rotatable bonds is 5. The molecule has 1 atom stereocenters. The molecule has 3 N–H and O–H groups in total. The van der Waals surface area contributed by atoms with E-state index in [1.165, 1.54) is 0 Å². The lowest BCUT2D eigenvalue weighted by atomic mass is 10.1. The number of carbonyl (C=O) groups is 1. The summed E-state index contributed by atoms with van der Waals surface area (Å²) in [5, 5.41) is 4.20. The van der Waals surface area contributed by atoms with Crippen LogP contribution in [0.1, 0.15) is 20.8 Å². The van der Waals surface area contributed by atoms with Crippen LogP contribution < -0.4 is 11.1 Å². The van der Waals surface area contributed by atoms with Gasteiger partial charge in [-0.05, 0) is 32.9 Å². The minimum Gasteiger partial charge on any atom is -0.397 e. The predicted molar refractivity (Wildman–Crippen MR) is 87.2 cm³/mol. The number of para-hydroxylation sites is 1. The number of nitrogens with two attached hydrogens (primary N) is 1. The Morgan fingerprint density at radius 1 is 1.33 bits per heavy atom. The van der Waals surface area contributed by atoms with Crippen molar-refractivity contribution in [3.05, 3.63) is 30.5 Å². The van der Waals surface area contributed by atoms with E-state index in [0.29, 0.717) is 18.8 Å². The first-order valence-corrected chi connectivity index (χ1v) is 7.27. The number of amides is 1. The summed E-state index contributed by atoms with van der Waals surface area (Å²) in [7, 11) is 0. The minimum absolute atomic E-state index is 0.0915. The van der Waals surface area contributed by atoms with Crippen molar-refractivity contribution in [3.8, 4) is 0 Å². The molecule has 0 radical (unpaired) electrons. The molecule has 1 aromatic heterocycles. The van der Waals surface area contributed by atoms with Crippen molar-refractivity contribution in [2.75, 3.05) is 24.1 Å². The van der Waals surface area contributed by atoms with Crippen LogP contribution in [-0.2, 0) is 4.79 Å². The molecule has 112 valence electrons. The highest BCUT2D eigenvalue weighted by atomic mass is 16.2. The molecule has 5 heteroatoms. The Labute approximate surface area is 125 Å². The highest BCUT2D eigenvalue weighted by molar-refractivity contribution is 5.98. The van der Waals surface area contributed by atoms with Gasteiger partial charge in [0, 0.05) is 30.4 Å². The van der Waals surface area contributed by atoms with Gasteiger partial charge in [-0.2, -0.15) is 0 Å². The zero-order valence-corrected chi connectivity index (χ0v) is 12.8. The lowest BCUT2D eigenvalue weighted by molar-refractivity contribution is -0.131. The third-order valence-electron chi connectivity index (χ3n) is 3.62. The molecule has 0 aliphatic rings. The molecular formula is C16H22N4O. The maximum atomic E-state index is 12.3. The SMILES string of the molecule is CCN(CC)C(=O)C(C)Nc1ccnc2c(N)cccc12. The Hall–Kier alpha value is -2.30. The molecule has 0 aliphatic carbocycles. The molecule has 0 spiro atoms. The lowest BCUT2D eigenvalue weighted by Crippen LogP contribution is -2.41. The average Bonchev–Trinajstić information content (AvgIpc) is 2.49. The molecule has 1 heterocycles. The van der Waals surface area contributed by atoms with Gasteiger partial charge in [0.15, 0.2) is 0 Å². The maximum Gasteiger partial charge on any atom is 0.244 e. The number of benzene rings is 1. The number of fused-ring (bicyclic) bond motifs is 1. The first-order chi connectivity index (χ1) is 10.1. The third kappa shape index (κ3) is 3.07. The van der Waals surface area contributed by atoms with Crippen molar-refractivity contribution in [2.24, 2.45) is 0 Å². The molecule has 5 nitrogen and oxygen atoms in total. The second kappa shape index (κ2) is 6.43. The summed E-state index contributed by atoms with van der Waals surface area (Å²) in [5.74, 6) is 0.0915. The van der Waals surface area contributed by atoms with E-state index in [0.717, 1.165) is 16.6 Å². The fourth-order valence-corrected chi connectivity index (χ4v) is 2.43. The van der Waals surface area contributed by atoms with Gasteiger partial charge in [-0.15, -0.1) is 0 Å². The molecule has 1 amide bonds. The molecule has 2 aromatic rings. The maximum absolute atomic E-state index is 12.3. The fraction of sp³-hybridized carbons (Fsp3) is 0.375. The number of nitrogens with one attached hydrogen (secondary N) is 1. The Balaban J connectivity index is 2.28. The van der Waals surface area contributed by atoms with Gasteiger partial charge in [0.05, 0.1) is 11.2 Å². The van der Waals surface area contributed by atoms with Gasteiger partial charge in [0.25, 0.3) is 0 Å². The molecule has 21 heavy (non-hydrogen) atoms. The number of aromatic nitrogens is 1. The standard InChI is InChI=1S/C16H22N4O/c1-4-20(5-2)16(21)11(3)19-14-9-10-18-15-12(14)7-6-8-13(15)17/h6-11H,4-5,17H2,1-3H3,(H,18,19). The zero-order valence-electron chi connectivity index (χ0n) is 12.8. The Morgan fingerprint density at radius 2 is 2.05 bits per heavy atom. The summed E-state index contributed by atoms with van der Waals surface area (Å²) < 4.78 is 0. The van der Waals surface area contributed by atoms with E-state index < -0.39 is 0 Å². The first-order valence-electron chi connectivity index (χ1n) is 7.27. The quantitative estimate of drug-likeness (QED) is 0.828. The van der Waals surface area contributed by atoms with Crippen molar-refractivity contribution in [1.82, 2.24) is 9.88 Å². The summed E-state index contributed by atoms with van der Waals surface area (Å²) in [5.41, 5.74) is 8.21. The van der Waals surface area contributed by atoms with Gasteiger partial charge in [-0.3, -0.25) is 9.78 Å². The monoisotopic (exact) mass is 286 g/mol. The van der Waals surface area contributed by atoms with Gasteiger partial charge in [-0.1, -0.05) is 12.1 Å². The summed E-state index contributed by atoms with van der Waals surface area (Å²) in [6, 6.07) is 7.24. The topological polar surface area (TPSA) is 71.2 Å². The van der Waals surface area contributed by atoms with Gasteiger partial charge in [-0.25, -0.2) is 0 Å². The van der Waals surface area contributed by atoms with Crippen LogP contribution in [-0.4, -0.2) is 34.9 Å². The van der Waals surface area contributed by atoms with E-state index in [-0.39, 0.29) is 11.9 Å². The highest BCUT2D eigenvalue weighted by Gasteiger charge is 2.18.